The smallest absolute Gasteiger partial charge is 0.143 e. The zero-order valence-corrected chi connectivity index (χ0v) is 12.8. The number of methoxy groups -OCH3 is 1. The lowest BCUT2D eigenvalue weighted by atomic mass is 9.96. The highest BCUT2D eigenvalue weighted by Gasteiger charge is 2.25. The van der Waals surface area contributed by atoms with E-state index in [9.17, 15) is 0 Å². The fraction of sp³-hybridized carbons (Fsp3) is 0.625. The topological polar surface area (TPSA) is 30.5 Å². The molecule has 0 bridgehead atoms. The normalized spacial score (nSPS) is 23.0. The van der Waals surface area contributed by atoms with Crippen molar-refractivity contribution in [2.24, 2.45) is 0 Å². The van der Waals surface area contributed by atoms with Crippen LogP contribution in [0.3, 0.4) is 0 Å². The van der Waals surface area contributed by atoms with E-state index in [4.69, 9.17) is 21.1 Å². The first-order valence-electron chi connectivity index (χ1n) is 7.51. The first-order chi connectivity index (χ1) is 9.81. The molecular formula is C16H22ClNO2. The average Bonchev–Trinajstić information content (AvgIpc) is 2.73. The van der Waals surface area contributed by atoms with Gasteiger partial charge in [-0.2, -0.15) is 0 Å². The van der Waals surface area contributed by atoms with Gasteiger partial charge in [-0.05, 0) is 42.9 Å². The van der Waals surface area contributed by atoms with Crippen LogP contribution in [0.4, 0.5) is 0 Å². The van der Waals surface area contributed by atoms with Crippen molar-refractivity contribution in [3.05, 3.63) is 27.8 Å². The molecule has 0 spiro atoms. The molecule has 1 unspecified atom stereocenters. The maximum absolute atomic E-state index is 6.62. The Morgan fingerprint density at radius 1 is 1.30 bits per heavy atom. The van der Waals surface area contributed by atoms with Gasteiger partial charge in [-0.15, -0.1) is 0 Å². The standard InChI is InChI=1S/C16H22ClNO2/c1-19-16-13(14-10-18-7-8-20-14)9-11-5-3-2-4-6-12(11)15(16)17/h9,14,18H,2-8,10H2,1H3. The van der Waals surface area contributed by atoms with Gasteiger partial charge in [-0.3, -0.25) is 0 Å². The molecule has 1 aromatic carbocycles. The number of ether oxygens (including phenoxy) is 2. The van der Waals surface area contributed by atoms with Crippen LogP contribution in [0.1, 0.15) is 42.1 Å². The predicted molar refractivity (Wildman–Crippen MR) is 80.8 cm³/mol. The number of rotatable bonds is 2. The van der Waals surface area contributed by atoms with Crippen LogP contribution in [0.5, 0.6) is 5.75 Å². The predicted octanol–water partition coefficient (Wildman–Crippen LogP) is 3.28. The maximum atomic E-state index is 6.62. The van der Waals surface area contributed by atoms with Gasteiger partial charge in [0.1, 0.15) is 5.75 Å². The van der Waals surface area contributed by atoms with Crippen molar-refractivity contribution < 1.29 is 9.47 Å². The summed E-state index contributed by atoms with van der Waals surface area (Å²) in [5.41, 5.74) is 3.77. The van der Waals surface area contributed by atoms with E-state index in [2.05, 4.69) is 11.4 Å². The van der Waals surface area contributed by atoms with Crippen LogP contribution in [0, 0.1) is 0 Å². The Labute approximate surface area is 125 Å². The van der Waals surface area contributed by atoms with Gasteiger partial charge in [-0.1, -0.05) is 18.0 Å². The molecule has 20 heavy (non-hydrogen) atoms. The van der Waals surface area contributed by atoms with Crippen molar-refractivity contribution in [1.82, 2.24) is 5.32 Å². The van der Waals surface area contributed by atoms with Crippen molar-refractivity contribution in [3.8, 4) is 5.75 Å². The lowest BCUT2D eigenvalue weighted by Crippen LogP contribution is -2.33. The molecule has 0 aromatic heterocycles. The Bertz CT molecular complexity index is 484. The molecular weight excluding hydrogens is 274 g/mol. The van der Waals surface area contributed by atoms with Gasteiger partial charge in [0.25, 0.3) is 0 Å². The number of hydrogen-bond donors (Lipinski definition) is 1. The summed E-state index contributed by atoms with van der Waals surface area (Å²) in [5.74, 6) is 0.806. The lowest BCUT2D eigenvalue weighted by molar-refractivity contribution is 0.0262. The summed E-state index contributed by atoms with van der Waals surface area (Å²) in [6.07, 6.45) is 5.98. The third kappa shape index (κ3) is 2.67. The van der Waals surface area contributed by atoms with Crippen LogP contribution >= 0.6 is 11.6 Å². The van der Waals surface area contributed by atoms with Gasteiger partial charge < -0.3 is 14.8 Å². The Balaban J connectivity index is 2.04. The van der Waals surface area contributed by atoms with Crippen molar-refractivity contribution in [2.45, 2.75) is 38.2 Å². The SMILES string of the molecule is COc1c(C2CNCCO2)cc2c(c1Cl)CCCCC2. The molecule has 1 saturated heterocycles. The van der Waals surface area contributed by atoms with E-state index in [1.807, 2.05) is 0 Å². The molecule has 3 rings (SSSR count). The second kappa shape index (κ2) is 6.33. The monoisotopic (exact) mass is 295 g/mol. The summed E-state index contributed by atoms with van der Waals surface area (Å²) in [5, 5.41) is 4.17. The molecule has 3 nitrogen and oxygen atoms in total. The van der Waals surface area contributed by atoms with E-state index < -0.39 is 0 Å². The van der Waals surface area contributed by atoms with E-state index in [0.717, 1.165) is 48.9 Å². The Kier molecular flexibility index (Phi) is 4.49. The van der Waals surface area contributed by atoms with Gasteiger partial charge in [0.15, 0.2) is 0 Å². The highest BCUT2D eigenvalue weighted by atomic mass is 35.5. The number of fused-ring (bicyclic) bond motifs is 1. The molecule has 110 valence electrons. The molecule has 0 radical (unpaired) electrons. The molecule has 1 fully saturated rings. The minimum absolute atomic E-state index is 0.0461. The minimum Gasteiger partial charge on any atom is -0.495 e. The minimum atomic E-state index is 0.0461. The second-order valence-electron chi connectivity index (χ2n) is 5.57. The van der Waals surface area contributed by atoms with Gasteiger partial charge in [-0.25, -0.2) is 0 Å². The van der Waals surface area contributed by atoms with Crippen LogP contribution in [0.2, 0.25) is 5.02 Å². The molecule has 1 atom stereocenters. The first-order valence-corrected chi connectivity index (χ1v) is 7.89. The molecule has 1 heterocycles. The fourth-order valence-electron chi connectivity index (χ4n) is 3.24. The summed E-state index contributed by atoms with van der Waals surface area (Å²) in [7, 11) is 1.70. The summed E-state index contributed by atoms with van der Waals surface area (Å²) in [6.45, 7) is 2.48. The highest BCUT2D eigenvalue weighted by Crippen LogP contribution is 2.41. The van der Waals surface area contributed by atoms with Crippen LogP contribution < -0.4 is 10.1 Å². The van der Waals surface area contributed by atoms with Gasteiger partial charge in [0.2, 0.25) is 0 Å². The van der Waals surface area contributed by atoms with E-state index in [1.165, 1.54) is 30.4 Å². The molecule has 4 heteroatoms. The molecule has 0 saturated carbocycles. The molecule has 2 aliphatic rings. The van der Waals surface area contributed by atoms with E-state index >= 15 is 0 Å². The molecule has 1 aliphatic carbocycles. The molecule has 1 N–H and O–H groups in total. The number of hydrogen-bond acceptors (Lipinski definition) is 3. The zero-order chi connectivity index (χ0) is 13.9. The van der Waals surface area contributed by atoms with Crippen molar-refractivity contribution in [1.29, 1.82) is 0 Å². The maximum Gasteiger partial charge on any atom is 0.143 e. The zero-order valence-electron chi connectivity index (χ0n) is 12.0. The van der Waals surface area contributed by atoms with Crippen molar-refractivity contribution >= 4 is 11.6 Å². The third-order valence-electron chi connectivity index (χ3n) is 4.30. The van der Waals surface area contributed by atoms with Gasteiger partial charge >= 0.3 is 0 Å². The number of aryl methyl sites for hydroxylation is 1. The molecule has 0 amide bonds. The molecule has 1 aromatic rings. The number of halogens is 1. The third-order valence-corrected chi connectivity index (χ3v) is 4.70. The van der Waals surface area contributed by atoms with E-state index in [1.54, 1.807) is 7.11 Å². The van der Waals surface area contributed by atoms with Crippen molar-refractivity contribution in [2.75, 3.05) is 26.8 Å². The Morgan fingerprint density at radius 2 is 2.15 bits per heavy atom. The number of benzene rings is 1. The summed E-state index contributed by atoms with van der Waals surface area (Å²) in [6, 6.07) is 2.27. The Morgan fingerprint density at radius 3 is 2.90 bits per heavy atom. The summed E-state index contributed by atoms with van der Waals surface area (Å²) >= 11 is 6.62. The molecule has 1 aliphatic heterocycles. The lowest BCUT2D eigenvalue weighted by Gasteiger charge is -2.27. The summed E-state index contributed by atoms with van der Waals surface area (Å²) in [4.78, 5) is 0. The largest absolute Gasteiger partial charge is 0.495 e. The second-order valence-corrected chi connectivity index (χ2v) is 5.95. The average molecular weight is 296 g/mol. The van der Waals surface area contributed by atoms with E-state index in [-0.39, 0.29) is 6.10 Å². The first kappa shape index (κ1) is 14.2. The van der Waals surface area contributed by atoms with Crippen LogP contribution in [-0.2, 0) is 17.6 Å². The van der Waals surface area contributed by atoms with Crippen LogP contribution in [0.15, 0.2) is 6.07 Å². The van der Waals surface area contributed by atoms with E-state index in [0.29, 0.717) is 0 Å². The Hall–Kier alpha value is -0.770. The van der Waals surface area contributed by atoms with Gasteiger partial charge in [0, 0.05) is 18.7 Å². The van der Waals surface area contributed by atoms with Crippen LogP contribution in [-0.4, -0.2) is 26.8 Å². The summed E-state index contributed by atoms with van der Waals surface area (Å²) < 4.78 is 11.5. The van der Waals surface area contributed by atoms with Crippen molar-refractivity contribution in [3.63, 3.8) is 0 Å². The van der Waals surface area contributed by atoms with Gasteiger partial charge in [0.05, 0.1) is 24.8 Å². The highest BCUT2D eigenvalue weighted by molar-refractivity contribution is 6.33. The van der Waals surface area contributed by atoms with Crippen LogP contribution in [0.25, 0.3) is 0 Å². The number of morpholine rings is 1. The number of nitrogens with one attached hydrogen (secondary N) is 1. The quantitative estimate of drug-likeness (QED) is 0.850. The fourth-order valence-corrected chi connectivity index (χ4v) is 3.65.